The number of likely N-dealkylation sites (tertiary alicyclic amines) is 1. The van der Waals surface area contributed by atoms with Crippen LogP contribution in [0.3, 0.4) is 0 Å². The molecule has 0 radical (unpaired) electrons. The van der Waals surface area contributed by atoms with Crippen LogP contribution in [0.5, 0.6) is 11.5 Å². The van der Waals surface area contributed by atoms with Gasteiger partial charge >= 0.3 is 0 Å². The molecule has 0 atom stereocenters. The molecule has 3 rings (SSSR count). The van der Waals surface area contributed by atoms with Crippen LogP contribution in [-0.2, 0) is 16.0 Å². The predicted molar refractivity (Wildman–Crippen MR) is 126 cm³/mol. The quantitative estimate of drug-likeness (QED) is 0.601. The maximum absolute atomic E-state index is 12.5. The molecule has 2 aromatic carbocycles. The number of methoxy groups -OCH3 is 2. The summed E-state index contributed by atoms with van der Waals surface area (Å²) in [6.07, 6.45) is 2.26. The lowest BCUT2D eigenvalue weighted by molar-refractivity contribution is -0.126. The van der Waals surface area contributed by atoms with E-state index in [2.05, 4.69) is 15.5 Å². The lowest BCUT2D eigenvalue weighted by Gasteiger charge is -2.30. The molecule has 0 spiro atoms. The fourth-order valence-corrected chi connectivity index (χ4v) is 3.90. The Labute approximate surface area is 194 Å². The number of benzene rings is 2. The number of nitrogens with one attached hydrogen (secondary N) is 2. The number of nitrogens with zero attached hydrogens (tertiary/aromatic N) is 1. The summed E-state index contributed by atoms with van der Waals surface area (Å²) in [7, 11) is 3.13. The molecule has 172 valence electrons. The first kappa shape index (κ1) is 23.9. The highest BCUT2D eigenvalue weighted by Gasteiger charge is 2.25. The summed E-state index contributed by atoms with van der Waals surface area (Å²) in [6, 6.07) is 12.9. The van der Waals surface area contributed by atoms with E-state index in [0.29, 0.717) is 41.8 Å². The van der Waals surface area contributed by atoms with Crippen molar-refractivity contribution in [3.63, 3.8) is 0 Å². The number of ether oxygens (including phenoxy) is 2. The normalized spacial score (nSPS) is 14.6. The third kappa shape index (κ3) is 6.87. The van der Waals surface area contributed by atoms with Gasteiger partial charge in [-0.15, -0.1) is 0 Å². The molecule has 0 aliphatic carbocycles. The molecule has 0 unspecified atom stereocenters. The summed E-state index contributed by atoms with van der Waals surface area (Å²) in [5, 5.41) is 6.63. The van der Waals surface area contributed by atoms with Crippen LogP contribution in [0.1, 0.15) is 18.4 Å². The zero-order chi connectivity index (χ0) is 22.9. The summed E-state index contributed by atoms with van der Waals surface area (Å²) < 4.78 is 10.5. The van der Waals surface area contributed by atoms with Gasteiger partial charge in [0, 0.05) is 23.6 Å². The molecule has 2 aromatic rings. The van der Waals surface area contributed by atoms with E-state index in [4.69, 9.17) is 21.1 Å². The lowest BCUT2D eigenvalue weighted by atomic mass is 9.96. The molecule has 1 heterocycles. The highest BCUT2D eigenvalue weighted by molar-refractivity contribution is 6.30. The molecule has 1 aliphatic heterocycles. The molecule has 0 aromatic heterocycles. The SMILES string of the molecule is COc1ccc(NC(=O)CN2CCC(C(=O)NCCc3ccc(Cl)cc3)CC2)c(OC)c1. The molecule has 1 saturated heterocycles. The van der Waals surface area contributed by atoms with Gasteiger partial charge in [-0.25, -0.2) is 0 Å². The molecule has 8 heteroatoms. The van der Waals surface area contributed by atoms with Crippen LogP contribution in [-0.4, -0.2) is 57.1 Å². The van der Waals surface area contributed by atoms with Gasteiger partial charge in [0.25, 0.3) is 0 Å². The van der Waals surface area contributed by atoms with Crippen LogP contribution < -0.4 is 20.1 Å². The van der Waals surface area contributed by atoms with Gasteiger partial charge in [-0.3, -0.25) is 14.5 Å². The number of carbonyl (C=O) groups excluding carboxylic acids is 2. The maximum atomic E-state index is 12.5. The van der Waals surface area contributed by atoms with E-state index in [0.717, 1.165) is 24.8 Å². The van der Waals surface area contributed by atoms with Crippen LogP contribution in [0.4, 0.5) is 5.69 Å². The fraction of sp³-hybridized carbons (Fsp3) is 0.417. The van der Waals surface area contributed by atoms with Crippen LogP contribution >= 0.6 is 11.6 Å². The van der Waals surface area contributed by atoms with Crippen molar-refractivity contribution in [3.05, 3.63) is 53.1 Å². The van der Waals surface area contributed by atoms with E-state index in [1.54, 1.807) is 32.4 Å². The molecule has 2 N–H and O–H groups in total. The van der Waals surface area contributed by atoms with E-state index in [9.17, 15) is 9.59 Å². The van der Waals surface area contributed by atoms with Crippen LogP contribution in [0.15, 0.2) is 42.5 Å². The maximum Gasteiger partial charge on any atom is 0.238 e. The number of amides is 2. The van der Waals surface area contributed by atoms with E-state index in [1.807, 2.05) is 24.3 Å². The smallest absolute Gasteiger partial charge is 0.238 e. The summed E-state index contributed by atoms with van der Waals surface area (Å²) in [5.74, 6) is 1.17. The van der Waals surface area contributed by atoms with Crippen LogP contribution in [0, 0.1) is 5.92 Å². The number of carbonyl (C=O) groups is 2. The van der Waals surface area contributed by atoms with E-state index >= 15 is 0 Å². The number of anilines is 1. The van der Waals surface area contributed by atoms with Crippen molar-refractivity contribution in [2.75, 3.05) is 45.7 Å². The Morgan fingerprint density at radius 2 is 1.78 bits per heavy atom. The molecule has 2 amide bonds. The second-order valence-electron chi connectivity index (χ2n) is 7.83. The zero-order valence-electron chi connectivity index (χ0n) is 18.5. The number of piperidine rings is 1. The summed E-state index contributed by atoms with van der Waals surface area (Å²) in [4.78, 5) is 27.0. The minimum atomic E-state index is -0.112. The largest absolute Gasteiger partial charge is 0.497 e. The number of halogens is 1. The molecule has 0 bridgehead atoms. The Kier molecular flexibility index (Phi) is 8.76. The monoisotopic (exact) mass is 459 g/mol. The summed E-state index contributed by atoms with van der Waals surface area (Å²) in [6.45, 7) is 2.30. The Balaban J connectivity index is 1.39. The predicted octanol–water partition coefficient (Wildman–Crippen LogP) is 3.37. The molecule has 32 heavy (non-hydrogen) atoms. The molecule has 1 aliphatic rings. The average molecular weight is 460 g/mol. The second-order valence-corrected chi connectivity index (χ2v) is 8.27. The van der Waals surface area contributed by atoms with Gasteiger partial charge in [-0.1, -0.05) is 23.7 Å². The minimum absolute atomic E-state index is 0.0128. The minimum Gasteiger partial charge on any atom is -0.497 e. The molecular formula is C24H30ClN3O4. The van der Waals surface area contributed by atoms with Gasteiger partial charge in [0.05, 0.1) is 26.5 Å². The van der Waals surface area contributed by atoms with Gasteiger partial charge < -0.3 is 20.1 Å². The molecule has 1 fully saturated rings. The van der Waals surface area contributed by atoms with Crippen molar-refractivity contribution in [3.8, 4) is 11.5 Å². The van der Waals surface area contributed by atoms with Crippen molar-refractivity contribution in [1.82, 2.24) is 10.2 Å². The summed E-state index contributed by atoms with van der Waals surface area (Å²) >= 11 is 5.90. The van der Waals surface area contributed by atoms with E-state index in [1.165, 1.54) is 0 Å². The standard InChI is InChI=1S/C24H30ClN3O4/c1-31-20-7-8-21(22(15-20)32-2)27-23(29)16-28-13-10-18(11-14-28)24(30)26-12-9-17-3-5-19(25)6-4-17/h3-8,15,18H,9-14,16H2,1-2H3,(H,26,30)(H,27,29). The molecule has 7 nitrogen and oxygen atoms in total. The number of rotatable bonds is 9. The zero-order valence-corrected chi connectivity index (χ0v) is 19.3. The third-order valence-electron chi connectivity index (χ3n) is 5.63. The second kappa shape index (κ2) is 11.7. The average Bonchev–Trinajstić information content (AvgIpc) is 2.81. The first-order valence-electron chi connectivity index (χ1n) is 10.7. The Bertz CT molecular complexity index is 912. The highest BCUT2D eigenvalue weighted by atomic mass is 35.5. The van der Waals surface area contributed by atoms with Gasteiger partial charge in [-0.05, 0) is 62.2 Å². The van der Waals surface area contributed by atoms with Gasteiger partial charge in [0.1, 0.15) is 11.5 Å². The van der Waals surface area contributed by atoms with Crippen LogP contribution in [0.2, 0.25) is 5.02 Å². The highest BCUT2D eigenvalue weighted by Crippen LogP contribution is 2.29. The van der Waals surface area contributed by atoms with Crippen molar-refractivity contribution in [2.24, 2.45) is 5.92 Å². The number of hydrogen-bond donors (Lipinski definition) is 2. The van der Waals surface area contributed by atoms with Crippen LogP contribution in [0.25, 0.3) is 0 Å². The fourth-order valence-electron chi connectivity index (χ4n) is 3.77. The van der Waals surface area contributed by atoms with Gasteiger partial charge in [-0.2, -0.15) is 0 Å². The third-order valence-corrected chi connectivity index (χ3v) is 5.89. The van der Waals surface area contributed by atoms with Gasteiger partial charge in [0.2, 0.25) is 11.8 Å². The topological polar surface area (TPSA) is 79.9 Å². The molecular weight excluding hydrogens is 430 g/mol. The first-order valence-corrected chi connectivity index (χ1v) is 11.1. The number of hydrogen-bond acceptors (Lipinski definition) is 5. The van der Waals surface area contributed by atoms with Crippen molar-refractivity contribution in [2.45, 2.75) is 19.3 Å². The summed E-state index contributed by atoms with van der Waals surface area (Å²) in [5.41, 5.74) is 1.75. The molecule has 0 saturated carbocycles. The van der Waals surface area contributed by atoms with E-state index < -0.39 is 0 Å². The Morgan fingerprint density at radius 1 is 1.06 bits per heavy atom. The van der Waals surface area contributed by atoms with Crippen molar-refractivity contribution < 1.29 is 19.1 Å². The van der Waals surface area contributed by atoms with E-state index in [-0.39, 0.29) is 24.3 Å². The van der Waals surface area contributed by atoms with Crippen molar-refractivity contribution in [1.29, 1.82) is 0 Å². The lowest BCUT2D eigenvalue weighted by Crippen LogP contribution is -2.43. The Hall–Kier alpha value is -2.77. The first-order chi connectivity index (χ1) is 15.5. The van der Waals surface area contributed by atoms with Crippen molar-refractivity contribution >= 4 is 29.1 Å². The van der Waals surface area contributed by atoms with Gasteiger partial charge in [0.15, 0.2) is 0 Å². The Morgan fingerprint density at radius 3 is 2.44 bits per heavy atom.